The van der Waals surface area contributed by atoms with E-state index in [-0.39, 0.29) is 0 Å². The third kappa shape index (κ3) is 3.52. The maximum atomic E-state index is 6.17. The standard InChI is InChI=1S/C19H18ClN5O/c1-26-19-16(20)8-13(9-23-19)11-25-7-4-17-15(12-25)10-22-18(24-17)14-2-5-21-6-3-14/h2-3,5-6,8-10H,4,7,11-12H2,1H3. The van der Waals surface area contributed by atoms with Crippen molar-refractivity contribution in [2.24, 2.45) is 0 Å². The van der Waals surface area contributed by atoms with Crippen molar-refractivity contribution in [3.63, 3.8) is 0 Å². The van der Waals surface area contributed by atoms with Gasteiger partial charge in [0.15, 0.2) is 5.82 Å². The van der Waals surface area contributed by atoms with Crippen molar-refractivity contribution in [2.75, 3.05) is 13.7 Å². The van der Waals surface area contributed by atoms with Crippen LogP contribution in [-0.2, 0) is 19.5 Å². The fourth-order valence-corrected chi connectivity index (χ4v) is 3.38. The molecule has 3 aromatic heterocycles. The first-order valence-corrected chi connectivity index (χ1v) is 8.76. The van der Waals surface area contributed by atoms with Crippen LogP contribution in [-0.4, -0.2) is 38.5 Å². The van der Waals surface area contributed by atoms with E-state index in [1.165, 1.54) is 5.56 Å². The molecule has 0 spiro atoms. The Morgan fingerprint density at radius 2 is 2.04 bits per heavy atom. The highest BCUT2D eigenvalue weighted by Gasteiger charge is 2.19. The van der Waals surface area contributed by atoms with E-state index in [1.807, 2.05) is 30.6 Å². The first-order chi connectivity index (χ1) is 12.7. The second-order valence-electron chi connectivity index (χ2n) is 6.20. The fraction of sp³-hybridized carbons (Fsp3) is 0.263. The molecule has 0 saturated heterocycles. The molecule has 4 rings (SSSR count). The average Bonchev–Trinajstić information content (AvgIpc) is 2.68. The van der Waals surface area contributed by atoms with Crippen LogP contribution in [0.25, 0.3) is 11.4 Å². The van der Waals surface area contributed by atoms with Gasteiger partial charge in [0, 0.05) is 62.0 Å². The van der Waals surface area contributed by atoms with E-state index in [0.717, 1.165) is 48.7 Å². The van der Waals surface area contributed by atoms with E-state index >= 15 is 0 Å². The van der Waals surface area contributed by atoms with E-state index in [9.17, 15) is 0 Å². The van der Waals surface area contributed by atoms with Gasteiger partial charge in [-0.25, -0.2) is 15.0 Å². The average molecular weight is 368 g/mol. The Balaban J connectivity index is 1.49. The number of ether oxygens (including phenoxy) is 1. The molecule has 0 radical (unpaired) electrons. The third-order valence-corrected chi connectivity index (χ3v) is 4.69. The molecular weight excluding hydrogens is 350 g/mol. The molecule has 3 aromatic rings. The maximum Gasteiger partial charge on any atom is 0.232 e. The number of halogens is 1. The maximum absolute atomic E-state index is 6.17. The van der Waals surface area contributed by atoms with Gasteiger partial charge in [0.2, 0.25) is 5.88 Å². The van der Waals surface area contributed by atoms with Gasteiger partial charge >= 0.3 is 0 Å². The minimum Gasteiger partial charge on any atom is -0.480 e. The van der Waals surface area contributed by atoms with Crippen molar-refractivity contribution in [2.45, 2.75) is 19.5 Å². The van der Waals surface area contributed by atoms with Crippen molar-refractivity contribution < 1.29 is 4.74 Å². The molecule has 6 nitrogen and oxygen atoms in total. The quantitative estimate of drug-likeness (QED) is 0.705. The van der Waals surface area contributed by atoms with Crippen molar-refractivity contribution >= 4 is 11.6 Å². The molecule has 0 N–H and O–H groups in total. The Labute approximate surface area is 156 Å². The zero-order chi connectivity index (χ0) is 17.9. The third-order valence-electron chi connectivity index (χ3n) is 4.42. The largest absolute Gasteiger partial charge is 0.480 e. The van der Waals surface area contributed by atoms with Gasteiger partial charge in [-0.15, -0.1) is 0 Å². The second kappa shape index (κ2) is 7.35. The van der Waals surface area contributed by atoms with E-state index in [1.54, 1.807) is 19.5 Å². The Hall–Kier alpha value is -2.57. The van der Waals surface area contributed by atoms with E-state index in [4.69, 9.17) is 21.3 Å². The predicted molar refractivity (Wildman–Crippen MR) is 98.9 cm³/mol. The number of nitrogens with zero attached hydrogens (tertiary/aromatic N) is 5. The topological polar surface area (TPSA) is 64.0 Å². The molecule has 0 bridgehead atoms. The van der Waals surface area contributed by atoms with E-state index in [0.29, 0.717) is 10.9 Å². The van der Waals surface area contributed by atoms with Crippen LogP contribution in [0.1, 0.15) is 16.8 Å². The summed E-state index contributed by atoms with van der Waals surface area (Å²) in [5.41, 5.74) is 4.34. The highest BCUT2D eigenvalue weighted by molar-refractivity contribution is 6.31. The first-order valence-electron chi connectivity index (χ1n) is 8.39. The summed E-state index contributed by atoms with van der Waals surface area (Å²) < 4.78 is 5.11. The lowest BCUT2D eigenvalue weighted by Crippen LogP contribution is -2.31. The second-order valence-corrected chi connectivity index (χ2v) is 6.60. The molecule has 1 aliphatic rings. The molecule has 0 unspecified atom stereocenters. The number of aromatic nitrogens is 4. The number of rotatable bonds is 4. The summed E-state index contributed by atoms with van der Waals surface area (Å²) in [6, 6.07) is 5.76. The number of methoxy groups -OCH3 is 1. The van der Waals surface area contributed by atoms with Crippen LogP contribution >= 0.6 is 11.6 Å². The van der Waals surface area contributed by atoms with Crippen LogP contribution in [0.15, 0.2) is 43.0 Å². The van der Waals surface area contributed by atoms with E-state index in [2.05, 4.69) is 19.9 Å². The lowest BCUT2D eigenvalue weighted by atomic mass is 10.1. The zero-order valence-corrected chi connectivity index (χ0v) is 15.1. The van der Waals surface area contributed by atoms with Crippen LogP contribution in [0.2, 0.25) is 5.02 Å². The predicted octanol–water partition coefficient (Wildman–Crippen LogP) is 3.15. The normalized spacial score (nSPS) is 14.1. The first kappa shape index (κ1) is 16.9. The number of hydrogen-bond acceptors (Lipinski definition) is 6. The molecule has 1 aliphatic heterocycles. The molecular formula is C19H18ClN5O. The van der Waals surface area contributed by atoms with Crippen molar-refractivity contribution in [3.8, 4) is 17.3 Å². The lowest BCUT2D eigenvalue weighted by molar-refractivity contribution is 0.242. The molecule has 7 heteroatoms. The highest BCUT2D eigenvalue weighted by atomic mass is 35.5. The number of hydrogen-bond donors (Lipinski definition) is 0. The molecule has 0 saturated carbocycles. The number of fused-ring (bicyclic) bond motifs is 1. The summed E-state index contributed by atoms with van der Waals surface area (Å²) in [5, 5.41) is 0.535. The Morgan fingerprint density at radius 3 is 2.81 bits per heavy atom. The summed E-state index contributed by atoms with van der Waals surface area (Å²) in [4.78, 5) is 19.9. The van der Waals surface area contributed by atoms with Gasteiger partial charge < -0.3 is 4.74 Å². The van der Waals surface area contributed by atoms with Crippen LogP contribution in [0, 0.1) is 0 Å². The van der Waals surface area contributed by atoms with Crippen molar-refractivity contribution in [1.82, 2.24) is 24.8 Å². The molecule has 0 aromatic carbocycles. The van der Waals surface area contributed by atoms with Gasteiger partial charge in [-0.05, 0) is 23.8 Å². The van der Waals surface area contributed by atoms with Gasteiger partial charge in [-0.3, -0.25) is 9.88 Å². The monoisotopic (exact) mass is 367 g/mol. The van der Waals surface area contributed by atoms with Crippen molar-refractivity contribution in [1.29, 1.82) is 0 Å². The van der Waals surface area contributed by atoms with Crippen LogP contribution in [0.4, 0.5) is 0 Å². The van der Waals surface area contributed by atoms with Gasteiger partial charge in [0.05, 0.1) is 12.8 Å². The van der Waals surface area contributed by atoms with Gasteiger partial charge in [0.25, 0.3) is 0 Å². The van der Waals surface area contributed by atoms with Gasteiger partial charge in [-0.1, -0.05) is 11.6 Å². The fourth-order valence-electron chi connectivity index (χ4n) is 3.11. The van der Waals surface area contributed by atoms with E-state index < -0.39 is 0 Å². The van der Waals surface area contributed by atoms with Crippen LogP contribution in [0.3, 0.4) is 0 Å². The minimum absolute atomic E-state index is 0.455. The molecule has 0 aliphatic carbocycles. The summed E-state index contributed by atoms with van der Waals surface area (Å²) >= 11 is 6.17. The molecule has 132 valence electrons. The zero-order valence-electron chi connectivity index (χ0n) is 14.4. The highest BCUT2D eigenvalue weighted by Crippen LogP contribution is 2.25. The molecule has 4 heterocycles. The minimum atomic E-state index is 0.455. The molecule has 26 heavy (non-hydrogen) atoms. The van der Waals surface area contributed by atoms with Gasteiger partial charge in [-0.2, -0.15) is 0 Å². The summed E-state index contributed by atoms with van der Waals surface area (Å²) in [6.07, 6.45) is 8.15. The van der Waals surface area contributed by atoms with Crippen LogP contribution < -0.4 is 4.74 Å². The lowest BCUT2D eigenvalue weighted by Gasteiger charge is -2.28. The molecule has 0 amide bonds. The molecule has 0 fully saturated rings. The number of pyridine rings is 2. The SMILES string of the molecule is COc1ncc(CN2CCc3nc(-c4ccncc4)ncc3C2)cc1Cl. The van der Waals surface area contributed by atoms with Gasteiger partial charge in [0.1, 0.15) is 5.02 Å². The molecule has 0 atom stereocenters. The van der Waals surface area contributed by atoms with Crippen molar-refractivity contribution in [3.05, 3.63) is 64.8 Å². The summed E-state index contributed by atoms with van der Waals surface area (Å²) in [6.45, 7) is 2.53. The summed E-state index contributed by atoms with van der Waals surface area (Å²) in [5.74, 6) is 1.21. The Morgan fingerprint density at radius 1 is 1.19 bits per heavy atom. The van der Waals surface area contributed by atoms with Crippen LogP contribution in [0.5, 0.6) is 5.88 Å². The summed E-state index contributed by atoms with van der Waals surface area (Å²) in [7, 11) is 1.57. The Kier molecular flexibility index (Phi) is 4.77. The smallest absolute Gasteiger partial charge is 0.232 e. The Bertz CT molecular complexity index is 919.